The minimum atomic E-state index is -0.254. The van der Waals surface area contributed by atoms with E-state index >= 15 is 0 Å². The summed E-state index contributed by atoms with van der Waals surface area (Å²) in [5.74, 6) is -0.254. The fourth-order valence-electron chi connectivity index (χ4n) is 2.64. The third kappa shape index (κ3) is 2.70. The predicted molar refractivity (Wildman–Crippen MR) is 92.2 cm³/mol. The quantitative estimate of drug-likeness (QED) is 0.546. The molecular formula is C20H14FN3. The van der Waals surface area contributed by atoms with Crippen molar-refractivity contribution in [1.29, 1.82) is 0 Å². The van der Waals surface area contributed by atoms with Gasteiger partial charge in [0.25, 0.3) is 0 Å². The van der Waals surface area contributed by atoms with Gasteiger partial charge in [-0.05, 0) is 54.6 Å². The van der Waals surface area contributed by atoms with Crippen LogP contribution in [0.1, 0.15) is 0 Å². The summed E-state index contributed by atoms with van der Waals surface area (Å²) in [5.41, 5.74) is 4.63. The molecule has 3 nitrogen and oxygen atoms in total. The molecule has 0 spiro atoms. The van der Waals surface area contributed by atoms with Gasteiger partial charge in [-0.15, -0.1) is 0 Å². The molecule has 0 aliphatic heterocycles. The van der Waals surface area contributed by atoms with Crippen LogP contribution in [0.3, 0.4) is 0 Å². The first-order chi connectivity index (χ1) is 11.8. The zero-order valence-electron chi connectivity index (χ0n) is 12.8. The average Bonchev–Trinajstić information content (AvgIpc) is 3.09. The number of rotatable bonds is 3. The van der Waals surface area contributed by atoms with Crippen molar-refractivity contribution in [2.45, 2.75) is 0 Å². The Morgan fingerprint density at radius 1 is 0.750 bits per heavy atom. The minimum absolute atomic E-state index is 0.254. The van der Waals surface area contributed by atoms with Crippen molar-refractivity contribution in [3.8, 4) is 28.2 Å². The second-order valence-electron chi connectivity index (χ2n) is 5.40. The highest BCUT2D eigenvalue weighted by molar-refractivity contribution is 5.70. The van der Waals surface area contributed by atoms with E-state index in [1.807, 2.05) is 53.2 Å². The molecule has 0 atom stereocenters. The Morgan fingerprint density at radius 3 is 2.17 bits per heavy atom. The summed E-state index contributed by atoms with van der Waals surface area (Å²) in [6, 6.07) is 22.2. The van der Waals surface area contributed by atoms with Gasteiger partial charge in [-0.2, -0.15) is 5.10 Å². The Hall–Kier alpha value is -3.27. The first-order valence-corrected chi connectivity index (χ1v) is 7.63. The molecule has 4 aromatic rings. The molecule has 0 saturated heterocycles. The Bertz CT molecular complexity index is 888. The number of hydrogen-bond donors (Lipinski definition) is 0. The van der Waals surface area contributed by atoms with Crippen molar-refractivity contribution in [3.05, 3.63) is 91.0 Å². The lowest BCUT2D eigenvalue weighted by Gasteiger charge is -2.06. The summed E-state index contributed by atoms with van der Waals surface area (Å²) in [7, 11) is 0. The van der Waals surface area contributed by atoms with Crippen LogP contribution in [-0.2, 0) is 0 Å². The van der Waals surface area contributed by atoms with Crippen LogP contribution in [0.2, 0.25) is 0 Å². The molecular weight excluding hydrogens is 301 g/mol. The van der Waals surface area contributed by atoms with E-state index in [0.717, 1.165) is 28.2 Å². The van der Waals surface area contributed by atoms with Gasteiger partial charge in [-0.1, -0.05) is 18.2 Å². The van der Waals surface area contributed by atoms with Crippen LogP contribution in [0.15, 0.2) is 85.2 Å². The fraction of sp³-hybridized carbons (Fsp3) is 0. The van der Waals surface area contributed by atoms with Crippen LogP contribution in [0.5, 0.6) is 0 Å². The molecule has 0 unspecified atom stereocenters. The summed E-state index contributed by atoms with van der Waals surface area (Å²) in [5, 5.41) is 4.73. The van der Waals surface area contributed by atoms with E-state index in [1.165, 1.54) is 12.1 Å². The molecule has 0 aliphatic rings. The molecule has 0 radical (unpaired) electrons. The molecule has 0 amide bonds. The van der Waals surface area contributed by atoms with E-state index in [4.69, 9.17) is 5.10 Å². The molecule has 4 heteroatoms. The SMILES string of the molecule is Fc1ccc(-c2cc(-c3ccncc3)n(-c3ccccc3)n2)cc1. The van der Waals surface area contributed by atoms with Gasteiger partial charge in [0.1, 0.15) is 5.82 Å². The van der Waals surface area contributed by atoms with E-state index in [9.17, 15) is 4.39 Å². The Labute approximate surface area is 139 Å². The van der Waals surface area contributed by atoms with Gasteiger partial charge in [-0.3, -0.25) is 4.98 Å². The average molecular weight is 315 g/mol. The van der Waals surface area contributed by atoms with Crippen LogP contribution < -0.4 is 0 Å². The zero-order valence-corrected chi connectivity index (χ0v) is 12.8. The van der Waals surface area contributed by atoms with Crippen molar-refractivity contribution in [2.24, 2.45) is 0 Å². The van der Waals surface area contributed by atoms with E-state index in [-0.39, 0.29) is 5.82 Å². The Kier molecular flexibility index (Phi) is 3.63. The number of nitrogens with zero attached hydrogens (tertiary/aromatic N) is 3. The third-order valence-corrected chi connectivity index (χ3v) is 3.83. The molecule has 4 rings (SSSR count). The number of pyridine rings is 1. The van der Waals surface area contributed by atoms with E-state index < -0.39 is 0 Å². The van der Waals surface area contributed by atoms with Crippen molar-refractivity contribution in [1.82, 2.24) is 14.8 Å². The molecule has 0 bridgehead atoms. The monoisotopic (exact) mass is 315 g/mol. The maximum atomic E-state index is 13.2. The van der Waals surface area contributed by atoms with Crippen LogP contribution in [0.4, 0.5) is 4.39 Å². The van der Waals surface area contributed by atoms with E-state index in [1.54, 1.807) is 24.5 Å². The lowest BCUT2D eigenvalue weighted by molar-refractivity contribution is 0.628. The number of para-hydroxylation sites is 1. The van der Waals surface area contributed by atoms with Crippen LogP contribution >= 0.6 is 0 Å². The lowest BCUT2D eigenvalue weighted by Crippen LogP contribution is -1.98. The number of benzene rings is 2. The van der Waals surface area contributed by atoms with Gasteiger partial charge in [0.2, 0.25) is 0 Å². The summed E-state index contributed by atoms with van der Waals surface area (Å²) in [6.07, 6.45) is 3.52. The fourth-order valence-corrected chi connectivity index (χ4v) is 2.64. The number of halogens is 1. The van der Waals surface area contributed by atoms with Gasteiger partial charge in [0.05, 0.1) is 17.1 Å². The highest BCUT2D eigenvalue weighted by Gasteiger charge is 2.13. The highest BCUT2D eigenvalue weighted by Crippen LogP contribution is 2.28. The highest BCUT2D eigenvalue weighted by atomic mass is 19.1. The standard InChI is InChI=1S/C20H14FN3/c21-17-8-6-15(7-9-17)19-14-20(16-10-12-22-13-11-16)24(23-19)18-4-2-1-3-5-18/h1-14H. The predicted octanol–water partition coefficient (Wildman–Crippen LogP) is 4.74. The Morgan fingerprint density at radius 2 is 1.46 bits per heavy atom. The molecule has 0 N–H and O–H groups in total. The van der Waals surface area contributed by atoms with Crippen molar-refractivity contribution >= 4 is 0 Å². The summed E-state index contributed by atoms with van der Waals surface area (Å²) < 4.78 is 15.1. The maximum Gasteiger partial charge on any atom is 0.123 e. The van der Waals surface area contributed by atoms with Crippen molar-refractivity contribution < 1.29 is 4.39 Å². The second-order valence-corrected chi connectivity index (χ2v) is 5.40. The molecule has 24 heavy (non-hydrogen) atoms. The molecule has 2 heterocycles. The largest absolute Gasteiger partial charge is 0.265 e. The first-order valence-electron chi connectivity index (χ1n) is 7.63. The molecule has 2 aromatic heterocycles. The molecule has 2 aromatic carbocycles. The van der Waals surface area contributed by atoms with Crippen LogP contribution in [0, 0.1) is 5.82 Å². The maximum absolute atomic E-state index is 13.2. The summed E-state index contributed by atoms with van der Waals surface area (Å²) in [4.78, 5) is 4.08. The van der Waals surface area contributed by atoms with E-state index in [2.05, 4.69) is 4.98 Å². The lowest BCUT2D eigenvalue weighted by atomic mass is 10.1. The molecule has 0 saturated carbocycles. The van der Waals surface area contributed by atoms with Crippen molar-refractivity contribution in [2.75, 3.05) is 0 Å². The molecule has 0 fully saturated rings. The van der Waals surface area contributed by atoms with Crippen LogP contribution in [-0.4, -0.2) is 14.8 Å². The zero-order chi connectivity index (χ0) is 16.4. The minimum Gasteiger partial charge on any atom is -0.265 e. The Balaban J connectivity index is 1.89. The number of aromatic nitrogens is 3. The summed E-state index contributed by atoms with van der Waals surface area (Å²) >= 11 is 0. The van der Waals surface area contributed by atoms with Crippen molar-refractivity contribution in [3.63, 3.8) is 0 Å². The first kappa shape index (κ1) is 14.3. The van der Waals surface area contributed by atoms with Crippen LogP contribution in [0.25, 0.3) is 28.2 Å². The normalized spacial score (nSPS) is 10.7. The molecule has 0 aliphatic carbocycles. The topological polar surface area (TPSA) is 30.7 Å². The summed E-state index contributed by atoms with van der Waals surface area (Å²) in [6.45, 7) is 0. The molecule has 116 valence electrons. The smallest absolute Gasteiger partial charge is 0.123 e. The van der Waals surface area contributed by atoms with Gasteiger partial charge in [-0.25, -0.2) is 9.07 Å². The third-order valence-electron chi connectivity index (χ3n) is 3.83. The van der Waals surface area contributed by atoms with E-state index in [0.29, 0.717) is 0 Å². The van der Waals surface area contributed by atoms with Gasteiger partial charge in [0, 0.05) is 23.5 Å². The van der Waals surface area contributed by atoms with Gasteiger partial charge < -0.3 is 0 Å². The van der Waals surface area contributed by atoms with Gasteiger partial charge in [0.15, 0.2) is 0 Å². The number of hydrogen-bond acceptors (Lipinski definition) is 2. The van der Waals surface area contributed by atoms with Gasteiger partial charge >= 0.3 is 0 Å². The second kappa shape index (κ2) is 6.08.